The van der Waals surface area contributed by atoms with Gasteiger partial charge in [0, 0.05) is 19.3 Å². The number of benzene rings is 1. The number of urea groups is 1. The molecule has 6 heteroatoms. The molecule has 0 spiro atoms. The molecular formula is C17H21N5O. The second kappa shape index (κ2) is 7.09. The summed E-state index contributed by atoms with van der Waals surface area (Å²) >= 11 is 0. The van der Waals surface area contributed by atoms with E-state index in [4.69, 9.17) is 5.73 Å². The van der Waals surface area contributed by atoms with Crippen LogP contribution in [-0.2, 0) is 19.4 Å². The minimum absolute atomic E-state index is 0.0408. The second-order valence-corrected chi connectivity index (χ2v) is 5.69. The zero-order valence-electron chi connectivity index (χ0n) is 13.0. The van der Waals surface area contributed by atoms with E-state index in [1.165, 1.54) is 5.56 Å². The normalized spacial score (nSPS) is 13.5. The van der Waals surface area contributed by atoms with E-state index in [0.29, 0.717) is 19.6 Å². The van der Waals surface area contributed by atoms with Gasteiger partial charge in [0.25, 0.3) is 0 Å². The quantitative estimate of drug-likeness (QED) is 0.843. The molecule has 6 nitrogen and oxygen atoms in total. The van der Waals surface area contributed by atoms with Crippen LogP contribution in [0.5, 0.6) is 0 Å². The van der Waals surface area contributed by atoms with Crippen molar-refractivity contribution in [1.82, 2.24) is 20.2 Å². The summed E-state index contributed by atoms with van der Waals surface area (Å²) in [5, 5.41) is 2.98. The monoisotopic (exact) mass is 311 g/mol. The number of hydrogen-bond acceptors (Lipinski definition) is 4. The molecule has 0 aliphatic carbocycles. The number of nitrogen functional groups attached to an aromatic ring is 1. The van der Waals surface area contributed by atoms with Crippen molar-refractivity contribution in [3.05, 3.63) is 53.3 Å². The van der Waals surface area contributed by atoms with Gasteiger partial charge in [-0.1, -0.05) is 30.3 Å². The first kappa shape index (κ1) is 15.3. The van der Waals surface area contributed by atoms with Crippen molar-refractivity contribution in [2.24, 2.45) is 0 Å². The lowest BCUT2D eigenvalue weighted by atomic mass is 10.1. The number of amides is 2. The van der Waals surface area contributed by atoms with Gasteiger partial charge < -0.3 is 16.0 Å². The summed E-state index contributed by atoms with van der Waals surface area (Å²) in [6, 6.07) is 10.2. The summed E-state index contributed by atoms with van der Waals surface area (Å²) < 4.78 is 0. The van der Waals surface area contributed by atoms with Gasteiger partial charge in [0.1, 0.15) is 0 Å². The third kappa shape index (κ3) is 3.97. The Balaban J connectivity index is 1.46. The number of aromatic nitrogens is 2. The second-order valence-electron chi connectivity index (χ2n) is 5.69. The van der Waals surface area contributed by atoms with E-state index in [9.17, 15) is 4.79 Å². The van der Waals surface area contributed by atoms with Crippen molar-refractivity contribution in [3.8, 4) is 0 Å². The predicted molar refractivity (Wildman–Crippen MR) is 88.7 cm³/mol. The smallest absolute Gasteiger partial charge is 0.317 e. The highest BCUT2D eigenvalue weighted by molar-refractivity contribution is 5.74. The van der Waals surface area contributed by atoms with E-state index < -0.39 is 0 Å². The van der Waals surface area contributed by atoms with Crippen LogP contribution in [0.1, 0.15) is 23.2 Å². The average molecular weight is 311 g/mol. The van der Waals surface area contributed by atoms with Gasteiger partial charge in [-0.05, 0) is 30.4 Å². The van der Waals surface area contributed by atoms with Gasteiger partial charge in [-0.2, -0.15) is 0 Å². The first-order valence-electron chi connectivity index (χ1n) is 7.89. The Kier molecular flexibility index (Phi) is 4.71. The maximum atomic E-state index is 12.2. The lowest BCUT2D eigenvalue weighted by molar-refractivity contribution is 0.191. The molecule has 0 unspecified atom stereocenters. The van der Waals surface area contributed by atoms with Crippen molar-refractivity contribution in [2.75, 3.05) is 18.8 Å². The Morgan fingerprint density at radius 1 is 1.30 bits per heavy atom. The number of carbonyl (C=O) groups is 1. The Morgan fingerprint density at radius 2 is 2.13 bits per heavy atom. The minimum atomic E-state index is -0.0408. The van der Waals surface area contributed by atoms with Crippen molar-refractivity contribution < 1.29 is 4.79 Å². The number of nitrogens with zero attached hydrogens (tertiary/aromatic N) is 3. The fourth-order valence-corrected chi connectivity index (χ4v) is 2.74. The molecule has 0 radical (unpaired) electrons. The number of hydrogen-bond donors (Lipinski definition) is 2. The Hall–Kier alpha value is -2.63. The number of rotatable bonds is 4. The standard InChI is InChI=1S/C17H21N5O/c18-16-20-11-14-8-10-22(12-15(14)21-16)17(23)19-9-4-7-13-5-2-1-3-6-13/h1-3,5-6,11H,4,7-10,12H2,(H,19,23)(H2,18,20,21). The Labute approximate surface area is 135 Å². The molecule has 1 aliphatic heterocycles. The average Bonchev–Trinajstić information content (AvgIpc) is 2.58. The third-order valence-corrected chi connectivity index (χ3v) is 4.01. The number of fused-ring (bicyclic) bond motifs is 1. The van der Waals surface area contributed by atoms with Crippen molar-refractivity contribution in [2.45, 2.75) is 25.8 Å². The Morgan fingerprint density at radius 3 is 2.96 bits per heavy atom. The van der Waals surface area contributed by atoms with Crippen LogP contribution >= 0.6 is 0 Å². The van der Waals surface area contributed by atoms with E-state index in [1.54, 1.807) is 11.1 Å². The number of nitrogens with one attached hydrogen (secondary N) is 1. The number of carbonyl (C=O) groups excluding carboxylic acids is 1. The molecule has 1 aromatic heterocycles. The molecule has 0 saturated carbocycles. The van der Waals surface area contributed by atoms with Gasteiger partial charge in [-0.15, -0.1) is 0 Å². The zero-order valence-corrected chi connectivity index (χ0v) is 13.0. The third-order valence-electron chi connectivity index (χ3n) is 4.01. The highest BCUT2D eigenvalue weighted by Gasteiger charge is 2.21. The van der Waals surface area contributed by atoms with Crippen LogP contribution in [0.25, 0.3) is 0 Å². The lowest BCUT2D eigenvalue weighted by Gasteiger charge is -2.28. The largest absolute Gasteiger partial charge is 0.368 e. The van der Waals surface area contributed by atoms with Crippen molar-refractivity contribution in [1.29, 1.82) is 0 Å². The maximum Gasteiger partial charge on any atom is 0.317 e. The summed E-state index contributed by atoms with van der Waals surface area (Å²) in [6.07, 6.45) is 4.42. The summed E-state index contributed by atoms with van der Waals surface area (Å²) in [7, 11) is 0. The minimum Gasteiger partial charge on any atom is -0.368 e. The SMILES string of the molecule is Nc1ncc2c(n1)CN(C(=O)NCCCc1ccccc1)CC2. The van der Waals surface area contributed by atoms with E-state index in [2.05, 4.69) is 27.4 Å². The van der Waals surface area contributed by atoms with Gasteiger partial charge in [-0.3, -0.25) is 0 Å². The number of nitrogens with two attached hydrogens (primary N) is 1. The maximum absolute atomic E-state index is 12.2. The first-order chi connectivity index (χ1) is 11.2. The molecule has 23 heavy (non-hydrogen) atoms. The van der Waals surface area contributed by atoms with E-state index in [0.717, 1.165) is 30.5 Å². The van der Waals surface area contributed by atoms with E-state index >= 15 is 0 Å². The number of aryl methyl sites for hydroxylation is 1. The lowest BCUT2D eigenvalue weighted by Crippen LogP contribution is -2.43. The summed E-state index contributed by atoms with van der Waals surface area (Å²) in [5.41, 5.74) is 8.83. The predicted octanol–water partition coefficient (Wildman–Crippen LogP) is 1.76. The van der Waals surface area contributed by atoms with Crippen LogP contribution in [-0.4, -0.2) is 34.0 Å². The fraction of sp³-hybridized carbons (Fsp3) is 0.353. The van der Waals surface area contributed by atoms with E-state index in [1.807, 2.05) is 18.2 Å². The van der Waals surface area contributed by atoms with Crippen LogP contribution < -0.4 is 11.1 Å². The molecular weight excluding hydrogens is 290 g/mol. The van der Waals surface area contributed by atoms with Crippen LogP contribution in [0.2, 0.25) is 0 Å². The topological polar surface area (TPSA) is 84.1 Å². The molecule has 1 aliphatic rings. The molecule has 120 valence electrons. The highest BCUT2D eigenvalue weighted by atomic mass is 16.2. The molecule has 2 heterocycles. The van der Waals surface area contributed by atoms with Gasteiger partial charge in [0.05, 0.1) is 12.2 Å². The summed E-state index contributed by atoms with van der Waals surface area (Å²) in [5.74, 6) is 0.258. The molecule has 3 rings (SSSR count). The van der Waals surface area contributed by atoms with Gasteiger partial charge in [0.15, 0.2) is 0 Å². The molecule has 0 saturated heterocycles. The molecule has 2 amide bonds. The van der Waals surface area contributed by atoms with Crippen LogP contribution in [0.15, 0.2) is 36.5 Å². The van der Waals surface area contributed by atoms with Gasteiger partial charge >= 0.3 is 6.03 Å². The fourth-order valence-electron chi connectivity index (χ4n) is 2.74. The van der Waals surface area contributed by atoms with Gasteiger partial charge in [0.2, 0.25) is 5.95 Å². The van der Waals surface area contributed by atoms with E-state index in [-0.39, 0.29) is 12.0 Å². The van der Waals surface area contributed by atoms with Crippen molar-refractivity contribution in [3.63, 3.8) is 0 Å². The van der Waals surface area contributed by atoms with Crippen LogP contribution in [0.3, 0.4) is 0 Å². The first-order valence-corrected chi connectivity index (χ1v) is 7.89. The van der Waals surface area contributed by atoms with Crippen LogP contribution in [0.4, 0.5) is 10.7 Å². The van der Waals surface area contributed by atoms with Gasteiger partial charge in [-0.25, -0.2) is 14.8 Å². The van der Waals surface area contributed by atoms with Crippen LogP contribution in [0, 0.1) is 0 Å². The van der Waals surface area contributed by atoms with Crippen molar-refractivity contribution >= 4 is 12.0 Å². The summed E-state index contributed by atoms with van der Waals surface area (Å²) in [6.45, 7) is 1.85. The number of anilines is 1. The molecule has 0 atom stereocenters. The molecule has 3 N–H and O–H groups in total. The molecule has 0 fully saturated rings. The highest BCUT2D eigenvalue weighted by Crippen LogP contribution is 2.16. The Bertz CT molecular complexity index is 674. The molecule has 1 aromatic carbocycles. The molecule has 0 bridgehead atoms. The zero-order chi connectivity index (χ0) is 16.1. The summed E-state index contributed by atoms with van der Waals surface area (Å²) in [4.78, 5) is 22.2. The molecule has 2 aromatic rings.